The quantitative estimate of drug-likeness (QED) is 0.622. The molecule has 3 rings (SSSR count). The van der Waals surface area contributed by atoms with Gasteiger partial charge in [0, 0.05) is 11.8 Å². The Labute approximate surface area is 161 Å². The van der Waals surface area contributed by atoms with Crippen LogP contribution in [0.1, 0.15) is 19.4 Å². The van der Waals surface area contributed by atoms with Crippen LogP contribution in [0, 0.1) is 29.6 Å². The molecule has 0 aromatic heterocycles. The molecule has 27 heavy (non-hydrogen) atoms. The third kappa shape index (κ3) is 3.54. The Morgan fingerprint density at radius 2 is 1.74 bits per heavy atom. The summed E-state index contributed by atoms with van der Waals surface area (Å²) in [5, 5.41) is 0. The summed E-state index contributed by atoms with van der Waals surface area (Å²) in [4.78, 5) is 27.5. The molecule has 0 spiro atoms. The number of rotatable bonds is 6. The Balaban J connectivity index is 2.03. The van der Waals surface area contributed by atoms with Crippen LogP contribution in [-0.4, -0.2) is 29.8 Å². The monoisotopic (exact) mass is 365 g/mol. The largest absolute Gasteiger partial charge is 0.356 e. The maximum atomic E-state index is 13.1. The number of quaternary nitrogens is 1. The molecule has 0 unspecified atom stereocenters. The fourth-order valence-electron chi connectivity index (χ4n) is 4.44. The van der Waals surface area contributed by atoms with Gasteiger partial charge in [-0.1, -0.05) is 74.1 Å². The van der Waals surface area contributed by atoms with Gasteiger partial charge >= 0.3 is 0 Å². The molecule has 1 aliphatic heterocycles. The van der Waals surface area contributed by atoms with Crippen LogP contribution in [-0.2, 0) is 9.59 Å². The summed E-state index contributed by atoms with van der Waals surface area (Å²) >= 11 is 0. The number of allylic oxidation sites excluding steroid dienone is 4. The van der Waals surface area contributed by atoms with Gasteiger partial charge in [-0.05, 0) is 11.5 Å². The number of amides is 2. The Morgan fingerprint density at radius 3 is 2.30 bits per heavy atom. The molecular weight excluding hydrogens is 336 g/mol. The first kappa shape index (κ1) is 19.3. The van der Waals surface area contributed by atoms with Gasteiger partial charge in [-0.25, -0.2) is 0 Å². The molecule has 0 radical (unpaired) electrons. The molecule has 1 aromatic carbocycles. The number of fused-ring (bicyclic) bond motifs is 1. The van der Waals surface area contributed by atoms with E-state index in [1.165, 1.54) is 4.90 Å². The fraction of sp³-hybridized carbons (Fsp3) is 0.391. The van der Waals surface area contributed by atoms with Crippen molar-refractivity contribution in [1.29, 1.82) is 0 Å². The van der Waals surface area contributed by atoms with E-state index in [1.54, 1.807) is 0 Å². The zero-order valence-electron chi connectivity index (χ0n) is 16.2. The second-order valence-electron chi connectivity index (χ2n) is 7.70. The van der Waals surface area contributed by atoms with Crippen molar-refractivity contribution in [3.8, 4) is 0 Å². The number of carbonyl (C=O) groups is 2. The SMILES string of the molecule is C=C[C@H]1/C(=C\C(C)C)[C@@H](/C=C\c2ccccc2)[C@@H]2C(=O)N(CC[NH3+])C(=O)[C@@H]21. The highest BCUT2D eigenvalue weighted by Crippen LogP contribution is 2.52. The molecule has 1 saturated heterocycles. The van der Waals surface area contributed by atoms with Gasteiger partial charge in [0.15, 0.2) is 0 Å². The summed E-state index contributed by atoms with van der Waals surface area (Å²) < 4.78 is 0. The maximum absolute atomic E-state index is 13.1. The number of carbonyl (C=O) groups excluding carboxylic acids is 2. The van der Waals surface area contributed by atoms with Gasteiger partial charge in [0.25, 0.3) is 0 Å². The standard InChI is InChI=1S/C23H28N2O2/c1-4-17-19(14-15(2)3)18(11-10-16-8-6-5-7-9-16)21-20(17)22(26)25(13-12-24)23(21)27/h4-11,14-15,17-18,20-21H,1,12-13,24H2,2-3H3/p+1/b11-10-,19-14+/t17-,18+,20+,21-/m0/s1. The van der Waals surface area contributed by atoms with Gasteiger partial charge in [0.2, 0.25) is 11.8 Å². The van der Waals surface area contributed by atoms with Crippen LogP contribution in [0.3, 0.4) is 0 Å². The van der Waals surface area contributed by atoms with Crippen LogP contribution in [0.5, 0.6) is 0 Å². The summed E-state index contributed by atoms with van der Waals surface area (Å²) in [6, 6.07) is 10.0. The van der Waals surface area contributed by atoms with Gasteiger partial charge in [-0.15, -0.1) is 6.58 Å². The number of imide groups is 1. The minimum atomic E-state index is -0.336. The minimum Gasteiger partial charge on any atom is -0.356 e. The summed E-state index contributed by atoms with van der Waals surface area (Å²) in [5.74, 6) is -0.621. The van der Waals surface area contributed by atoms with Crippen molar-refractivity contribution in [2.45, 2.75) is 13.8 Å². The second kappa shape index (κ2) is 8.05. The molecule has 1 heterocycles. The molecule has 2 fully saturated rings. The predicted molar refractivity (Wildman–Crippen MR) is 107 cm³/mol. The van der Waals surface area contributed by atoms with Crippen molar-refractivity contribution in [1.82, 2.24) is 4.90 Å². The van der Waals surface area contributed by atoms with E-state index >= 15 is 0 Å². The van der Waals surface area contributed by atoms with Crippen molar-refractivity contribution in [2.24, 2.45) is 29.6 Å². The first-order valence-corrected chi connectivity index (χ1v) is 9.71. The highest BCUT2D eigenvalue weighted by Gasteiger charge is 2.59. The Morgan fingerprint density at radius 1 is 1.11 bits per heavy atom. The summed E-state index contributed by atoms with van der Waals surface area (Å²) in [7, 11) is 0. The number of benzene rings is 1. The molecule has 3 N–H and O–H groups in total. The molecule has 1 aromatic rings. The highest BCUT2D eigenvalue weighted by atomic mass is 16.2. The summed E-state index contributed by atoms with van der Waals surface area (Å²) in [5.41, 5.74) is 6.05. The lowest BCUT2D eigenvalue weighted by atomic mass is 9.88. The van der Waals surface area contributed by atoms with Crippen molar-refractivity contribution < 1.29 is 15.3 Å². The zero-order chi connectivity index (χ0) is 19.6. The van der Waals surface area contributed by atoms with Gasteiger partial charge < -0.3 is 5.73 Å². The Kier molecular flexibility index (Phi) is 5.76. The molecule has 142 valence electrons. The third-order valence-electron chi connectivity index (χ3n) is 5.49. The average molecular weight is 365 g/mol. The van der Waals surface area contributed by atoms with Crippen molar-refractivity contribution in [3.63, 3.8) is 0 Å². The third-order valence-corrected chi connectivity index (χ3v) is 5.49. The van der Waals surface area contributed by atoms with Gasteiger partial charge in [-0.3, -0.25) is 14.5 Å². The van der Waals surface area contributed by atoms with E-state index in [2.05, 4.69) is 44.4 Å². The molecular formula is C23H29N2O2+. The van der Waals surface area contributed by atoms with E-state index in [9.17, 15) is 9.59 Å². The average Bonchev–Trinajstić information content (AvgIpc) is 3.08. The smallest absolute Gasteiger partial charge is 0.234 e. The van der Waals surface area contributed by atoms with Crippen molar-refractivity contribution in [3.05, 3.63) is 66.3 Å². The first-order chi connectivity index (χ1) is 13.0. The van der Waals surface area contributed by atoms with E-state index in [4.69, 9.17) is 0 Å². The van der Waals surface area contributed by atoms with Crippen molar-refractivity contribution >= 4 is 17.9 Å². The number of hydrogen-bond donors (Lipinski definition) is 1. The molecule has 1 saturated carbocycles. The molecule has 0 bridgehead atoms. The predicted octanol–water partition coefficient (Wildman–Crippen LogP) is 2.56. The first-order valence-electron chi connectivity index (χ1n) is 9.71. The van der Waals surface area contributed by atoms with E-state index in [-0.39, 0.29) is 35.5 Å². The summed E-state index contributed by atoms with van der Waals surface area (Å²) in [6.07, 6.45) is 8.21. The van der Waals surface area contributed by atoms with Crippen LogP contribution in [0.4, 0.5) is 0 Å². The zero-order valence-corrected chi connectivity index (χ0v) is 16.2. The molecule has 4 atom stereocenters. The van der Waals surface area contributed by atoms with Gasteiger partial charge in [0.1, 0.15) is 0 Å². The molecule has 4 heteroatoms. The highest BCUT2D eigenvalue weighted by molar-refractivity contribution is 6.07. The normalized spacial score (nSPS) is 29.3. The maximum Gasteiger partial charge on any atom is 0.234 e. The van der Waals surface area contributed by atoms with Crippen LogP contribution in [0.25, 0.3) is 6.08 Å². The van der Waals surface area contributed by atoms with Crippen molar-refractivity contribution in [2.75, 3.05) is 13.1 Å². The van der Waals surface area contributed by atoms with Crippen LogP contribution in [0.2, 0.25) is 0 Å². The van der Waals surface area contributed by atoms with E-state index < -0.39 is 0 Å². The lowest BCUT2D eigenvalue weighted by Crippen LogP contribution is -2.56. The topological polar surface area (TPSA) is 65.0 Å². The lowest BCUT2D eigenvalue weighted by Gasteiger charge is -2.21. The van der Waals surface area contributed by atoms with Crippen LogP contribution >= 0.6 is 0 Å². The van der Waals surface area contributed by atoms with E-state index in [0.717, 1.165) is 11.1 Å². The van der Waals surface area contributed by atoms with Gasteiger partial charge in [-0.2, -0.15) is 0 Å². The second-order valence-corrected chi connectivity index (χ2v) is 7.70. The van der Waals surface area contributed by atoms with Gasteiger partial charge in [0.05, 0.1) is 24.9 Å². The fourth-order valence-corrected chi connectivity index (χ4v) is 4.44. The van der Waals surface area contributed by atoms with Crippen LogP contribution in [0.15, 0.2) is 60.7 Å². The minimum absolute atomic E-state index is 0.0598. The molecule has 4 nitrogen and oxygen atoms in total. The molecule has 2 amide bonds. The van der Waals surface area contributed by atoms with Crippen LogP contribution < -0.4 is 5.73 Å². The molecule has 2 aliphatic rings. The Bertz CT molecular complexity index is 779. The number of nitrogens with zero attached hydrogens (tertiary/aromatic N) is 1. The lowest BCUT2D eigenvalue weighted by molar-refractivity contribution is -0.367. The van der Waals surface area contributed by atoms with E-state index in [1.807, 2.05) is 36.4 Å². The molecule has 1 aliphatic carbocycles. The summed E-state index contributed by atoms with van der Waals surface area (Å²) in [6.45, 7) is 9.16. The Hall–Kier alpha value is -2.46. The van der Waals surface area contributed by atoms with E-state index in [0.29, 0.717) is 19.0 Å². The number of likely N-dealkylation sites (tertiary alicyclic amines) is 1. The number of hydrogen-bond acceptors (Lipinski definition) is 2.